The Morgan fingerprint density at radius 1 is 0.510 bits per heavy atom. The van der Waals surface area contributed by atoms with Gasteiger partial charge in [-0.2, -0.15) is 0 Å². The molecule has 9 heteroatoms. The summed E-state index contributed by atoms with van der Waals surface area (Å²) in [5.74, 6) is 0.866. The van der Waals surface area contributed by atoms with E-state index in [1.165, 1.54) is 24.3 Å². The monoisotopic (exact) mass is 716 g/mol. The van der Waals surface area contributed by atoms with Crippen molar-refractivity contribution in [3.63, 3.8) is 0 Å². The number of hydrogen-bond acceptors (Lipinski definition) is 8. The summed E-state index contributed by atoms with van der Waals surface area (Å²) in [5.41, 5.74) is 3.23. The number of esters is 2. The Labute approximate surface area is 307 Å². The van der Waals surface area contributed by atoms with Crippen LogP contribution in [-0.4, -0.2) is 33.4 Å². The molecular formula is C42H49ClO8. The largest absolute Gasteiger partial charge is 0.508 e. The molecule has 0 radical (unpaired) electrons. The standard InChI is InChI=1S/C25H32O4.C17H16O4.ClH/c1-17(2)23(26)27-22(18-9-13-20(14-10-18)28-24(3,4)5)19-11-15-21(16-12-19)29-25(6,7)8;1-11(2)17(20)21-16(12-3-7-14(18)8-4-12)13-5-9-15(19)10-6-13;/h9-16,22H,1H2,2-8H3;3-10,16,18-19H,1H2,2H3;1H. The SMILES string of the molecule is C=C(C)C(=O)OC(c1ccc(O)cc1)c1ccc(O)cc1.C=C(C)C(=O)OC(c1ccc(OC(C)(C)C)cc1)c1ccc(OC(C)(C)C)cc1.Cl. The van der Waals surface area contributed by atoms with E-state index in [0.29, 0.717) is 22.3 Å². The molecule has 0 saturated carbocycles. The van der Waals surface area contributed by atoms with Crippen LogP contribution < -0.4 is 9.47 Å². The molecule has 0 heterocycles. The highest BCUT2D eigenvalue weighted by Crippen LogP contribution is 2.32. The first kappa shape index (κ1) is 42.0. The summed E-state index contributed by atoms with van der Waals surface area (Å²) < 4.78 is 23.0. The summed E-state index contributed by atoms with van der Waals surface area (Å²) in [5, 5.41) is 18.7. The molecule has 0 spiro atoms. The van der Waals surface area contributed by atoms with E-state index in [9.17, 15) is 19.8 Å². The fourth-order valence-electron chi connectivity index (χ4n) is 4.50. The lowest BCUT2D eigenvalue weighted by atomic mass is 10.0. The topological polar surface area (TPSA) is 112 Å². The summed E-state index contributed by atoms with van der Waals surface area (Å²) in [7, 11) is 0. The van der Waals surface area contributed by atoms with E-state index in [1.54, 1.807) is 38.1 Å². The van der Waals surface area contributed by atoms with E-state index >= 15 is 0 Å². The average molecular weight is 717 g/mol. The van der Waals surface area contributed by atoms with Crippen molar-refractivity contribution in [1.82, 2.24) is 0 Å². The number of carbonyl (C=O) groups is 2. The van der Waals surface area contributed by atoms with Crippen LogP contribution in [0.1, 0.15) is 89.9 Å². The molecular weight excluding hydrogens is 668 g/mol. The summed E-state index contributed by atoms with van der Waals surface area (Å²) in [6.07, 6.45) is -1.18. The van der Waals surface area contributed by atoms with Gasteiger partial charge in [0.15, 0.2) is 12.2 Å². The molecule has 0 bridgehead atoms. The molecule has 4 aromatic carbocycles. The number of phenols is 2. The number of halogens is 1. The van der Waals surface area contributed by atoms with Crippen molar-refractivity contribution in [2.75, 3.05) is 0 Å². The third-order valence-corrected chi connectivity index (χ3v) is 6.75. The molecule has 0 aromatic heterocycles. The smallest absolute Gasteiger partial charge is 0.334 e. The van der Waals surface area contributed by atoms with Gasteiger partial charge >= 0.3 is 11.9 Å². The summed E-state index contributed by atoms with van der Waals surface area (Å²) in [4.78, 5) is 24.1. The van der Waals surface area contributed by atoms with Gasteiger partial charge in [0.05, 0.1) is 0 Å². The Kier molecular flexibility index (Phi) is 14.9. The van der Waals surface area contributed by atoms with Crippen LogP contribution in [0.3, 0.4) is 0 Å². The molecule has 0 amide bonds. The maximum absolute atomic E-state index is 12.2. The molecule has 51 heavy (non-hydrogen) atoms. The van der Waals surface area contributed by atoms with Crippen LogP contribution in [0.25, 0.3) is 0 Å². The first-order chi connectivity index (χ1) is 23.3. The van der Waals surface area contributed by atoms with E-state index in [1.807, 2.05) is 90.1 Å². The summed E-state index contributed by atoms with van der Waals surface area (Å²) in [6, 6.07) is 28.0. The van der Waals surface area contributed by atoms with Crippen LogP contribution >= 0.6 is 12.4 Å². The van der Waals surface area contributed by atoms with Crippen LogP contribution in [0.15, 0.2) is 121 Å². The average Bonchev–Trinajstić information content (AvgIpc) is 3.03. The number of hydrogen-bond donors (Lipinski definition) is 2. The fourth-order valence-corrected chi connectivity index (χ4v) is 4.50. The predicted octanol–water partition coefficient (Wildman–Crippen LogP) is 9.98. The third-order valence-electron chi connectivity index (χ3n) is 6.75. The lowest BCUT2D eigenvalue weighted by Gasteiger charge is -2.23. The first-order valence-electron chi connectivity index (χ1n) is 16.2. The van der Waals surface area contributed by atoms with Crippen molar-refractivity contribution in [1.29, 1.82) is 0 Å². The van der Waals surface area contributed by atoms with Gasteiger partial charge in [-0.3, -0.25) is 0 Å². The van der Waals surface area contributed by atoms with E-state index in [-0.39, 0.29) is 35.1 Å². The molecule has 0 saturated heterocycles. The fraction of sp³-hybridized carbons (Fsp3) is 0.286. The molecule has 0 aliphatic heterocycles. The van der Waals surface area contributed by atoms with Gasteiger partial charge in [-0.15, -0.1) is 12.4 Å². The molecule has 0 fully saturated rings. The summed E-state index contributed by atoms with van der Waals surface area (Å²) >= 11 is 0. The van der Waals surface area contributed by atoms with Gasteiger partial charge in [0.25, 0.3) is 0 Å². The maximum Gasteiger partial charge on any atom is 0.334 e. The van der Waals surface area contributed by atoms with Crippen LogP contribution in [0, 0.1) is 0 Å². The Balaban J connectivity index is 0.000000363. The van der Waals surface area contributed by atoms with Gasteiger partial charge in [0, 0.05) is 11.1 Å². The van der Waals surface area contributed by atoms with Crippen LogP contribution in [-0.2, 0) is 19.1 Å². The zero-order valence-corrected chi connectivity index (χ0v) is 31.4. The molecule has 8 nitrogen and oxygen atoms in total. The molecule has 2 N–H and O–H groups in total. The highest BCUT2D eigenvalue weighted by atomic mass is 35.5. The Hall–Kier alpha value is -5.21. The molecule has 272 valence electrons. The number of phenolic OH excluding ortho intramolecular Hbond substituents is 2. The van der Waals surface area contributed by atoms with Gasteiger partial charge in [-0.25, -0.2) is 9.59 Å². The molecule has 0 atom stereocenters. The third kappa shape index (κ3) is 13.9. The number of ether oxygens (including phenoxy) is 4. The van der Waals surface area contributed by atoms with E-state index in [4.69, 9.17) is 18.9 Å². The van der Waals surface area contributed by atoms with Crippen molar-refractivity contribution < 1.29 is 38.7 Å². The lowest BCUT2D eigenvalue weighted by Crippen LogP contribution is -2.23. The molecule has 4 aromatic rings. The normalized spacial score (nSPS) is 11.0. The van der Waals surface area contributed by atoms with Crippen molar-refractivity contribution in [2.24, 2.45) is 0 Å². The number of aromatic hydroxyl groups is 2. The molecule has 0 unspecified atom stereocenters. The lowest BCUT2D eigenvalue weighted by molar-refractivity contribution is -0.143. The highest BCUT2D eigenvalue weighted by molar-refractivity contribution is 5.87. The van der Waals surface area contributed by atoms with Crippen molar-refractivity contribution >= 4 is 24.3 Å². The van der Waals surface area contributed by atoms with Gasteiger partial charge in [-0.05, 0) is 126 Å². The van der Waals surface area contributed by atoms with Gasteiger partial charge in [-0.1, -0.05) is 61.7 Å². The van der Waals surface area contributed by atoms with Gasteiger partial charge in [0.1, 0.15) is 34.2 Å². The Morgan fingerprint density at radius 2 is 0.745 bits per heavy atom. The van der Waals surface area contributed by atoms with Crippen molar-refractivity contribution in [3.8, 4) is 23.0 Å². The van der Waals surface area contributed by atoms with Gasteiger partial charge < -0.3 is 29.2 Å². The summed E-state index contributed by atoms with van der Waals surface area (Å²) in [6.45, 7) is 22.5. The zero-order chi connectivity index (χ0) is 37.2. The maximum atomic E-state index is 12.2. The van der Waals surface area contributed by atoms with E-state index < -0.39 is 24.1 Å². The van der Waals surface area contributed by atoms with Crippen LogP contribution in [0.2, 0.25) is 0 Å². The Morgan fingerprint density at radius 3 is 0.961 bits per heavy atom. The highest BCUT2D eigenvalue weighted by Gasteiger charge is 2.22. The molecule has 0 aliphatic rings. The van der Waals surface area contributed by atoms with E-state index in [2.05, 4.69) is 13.2 Å². The minimum atomic E-state index is -0.629. The second-order valence-electron chi connectivity index (χ2n) is 13.9. The van der Waals surface area contributed by atoms with E-state index in [0.717, 1.165) is 22.6 Å². The van der Waals surface area contributed by atoms with Crippen molar-refractivity contribution in [2.45, 2.75) is 78.8 Å². The second-order valence-corrected chi connectivity index (χ2v) is 13.9. The zero-order valence-electron chi connectivity index (χ0n) is 30.6. The number of carbonyl (C=O) groups excluding carboxylic acids is 2. The second kappa shape index (κ2) is 18.2. The Bertz CT molecular complexity index is 1640. The minimum absolute atomic E-state index is 0. The quantitative estimate of drug-likeness (QED) is 0.123. The molecule has 0 aliphatic carbocycles. The van der Waals surface area contributed by atoms with Crippen molar-refractivity contribution in [3.05, 3.63) is 144 Å². The van der Waals surface area contributed by atoms with Crippen LogP contribution in [0.5, 0.6) is 23.0 Å². The van der Waals surface area contributed by atoms with Crippen LogP contribution in [0.4, 0.5) is 0 Å². The minimum Gasteiger partial charge on any atom is -0.508 e. The number of rotatable bonds is 10. The molecule has 4 rings (SSSR count). The first-order valence-corrected chi connectivity index (χ1v) is 16.2. The predicted molar refractivity (Wildman–Crippen MR) is 203 cm³/mol. The number of benzene rings is 4. The van der Waals surface area contributed by atoms with Gasteiger partial charge in [0.2, 0.25) is 0 Å².